The van der Waals surface area contributed by atoms with Crippen LogP contribution in [-0.4, -0.2) is 46.2 Å². The fourth-order valence-corrected chi connectivity index (χ4v) is 2.85. The first-order valence-corrected chi connectivity index (χ1v) is 7.14. The van der Waals surface area contributed by atoms with E-state index in [0.29, 0.717) is 25.1 Å². The predicted molar refractivity (Wildman–Crippen MR) is 74.4 cm³/mol. The van der Waals surface area contributed by atoms with Gasteiger partial charge in [-0.3, -0.25) is 9.59 Å². The molecule has 1 fully saturated rings. The lowest BCUT2D eigenvalue weighted by atomic mass is 10.1. The molecule has 0 N–H and O–H groups in total. The molecule has 0 unspecified atom stereocenters. The van der Waals surface area contributed by atoms with Gasteiger partial charge >= 0.3 is 0 Å². The van der Waals surface area contributed by atoms with E-state index in [1.54, 1.807) is 11.9 Å². The topological polar surface area (TPSA) is 79.0 Å². The molecule has 2 aliphatic rings. The molecule has 1 aromatic heterocycles. The normalized spacial score (nSPS) is 22.7. The molecule has 2 amide bonds. The van der Waals surface area contributed by atoms with Crippen LogP contribution in [0.3, 0.4) is 0 Å². The molecule has 112 valence electrons. The molecule has 0 aromatic carbocycles. The van der Waals surface area contributed by atoms with Crippen molar-refractivity contribution in [1.29, 1.82) is 0 Å². The quantitative estimate of drug-likeness (QED) is 0.821. The number of rotatable bonds is 2. The van der Waals surface area contributed by atoms with Crippen LogP contribution in [0.5, 0.6) is 0 Å². The van der Waals surface area contributed by atoms with Gasteiger partial charge in [0, 0.05) is 32.5 Å². The number of carbonyl (C=O) groups excluding carboxylic acids is 2. The number of aromatic nitrogens is 1. The van der Waals surface area contributed by atoms with Crippen molar-refractivity contribution in [3.8, 4) is 0 Å². The van der Waals surface area contributed by atoms with E-state index in [2.05, 4.69) is 10.3 Å². The summed E-state index contributed by atoms with van der Waals surface area (Å²) in [6.07, 6.45) is 2.55. The molecule has 1 saturated heterocycles. The van der Waals surface area contributed by atoms with Crippen LogP contribution in [-0.2, 0) is 9.59 Å². The minimum absolute atomic E-state index is 0.0550. The van der Waals surface area contributed by atoms with Gasteiger partial charge in [-0.1, -0.05) is 5.16 Å². The summed E-state index contributed by atoms with van der Waals surface area (Å²) in [5.41, 5.74) is 1.24. The van der Waals surface area contributed by atoms with Gasteiger partial charge in [0.05, 0.1) is 6.04 Å². The van der Waals surface area contributed by atoms with E-state index in [9.17, 15) is 9.59 Å². The summed E-state index contributed by atoms with van der Waals surface area (Å²) in [7, 11) is 1.58. The Bertz CT molecular complexity index is 607. The minimum Gasteiger partial charge on any atom is -0.361 e. The second kappa shape index (κ2) is 5.31. The SMILES string of the molecule is Cc1cc([C@@H]2CCCN2C(=O)C2=NN(C)C(=O)CC2)no1. The predicted octanol–water partition coefficient (Wildman–Crippen LogP) is 1.25. The van der Waals surface area contributed by atoms with Gasteiger partial charge in [-0.05, 0) is 19.8 Å². The van der Waals surface area contributed by atoms with E-state index in [-0.39, 0.29) is 17.9 Å². The third-order valence-corrected chi connectivity index (χ3v) is 3.96. The highest BCUT2D eigenvalue weighted by Crippen LogP contribution is 2.32. The van der Waals surface area contributed by atoms with E-state index in [0.717, 1.165) is 24.3 Å². The zero-order valence-electron chi connectivity index (χ0n) is 12.2. The van der Waals surface area contributed by atoms with Crippen LogP contribution in [0.15, 0.2) is 15.7 Å². The van der Waals surface area contributed by atoms with Gasteiger partial charge in [0.1, 0.15) is 17.2 Å². The van der Waals surface area contributed by atoms with Crippen molar-refractivity contribution in [2.45, 2.75) is 38.6 Å². The summed E-state index contributed by atoms with van der Waals surface area (Å²) in [6, 6.07) is 1.81. The van der Waals surface area contributed by atoms with Gasteiger partial charge in [-0.15, -0.1) is 0 Å². The van der Waals surface area contributed by atoms with E-state index >= 15 is 0 Å². The summed E-state index contributed by atoms with van der Waals surface area (Å²) in [5.74, 6) is 0.582. The smallest absolute Gasteiger partial charge is 0.270 e. The monoisotopic (exact) mass is 290 g/mol. The second-order valence-corrected chi connectivity index (χ2v) is 5.48. The molecule has 0 bridgehead atoms. The Morgan fingerprint density at radius 2 is 2.24 bits per heavy atom. The molecule has 21 heavy (non-hydrogen) atoms. The van der Waals surface area contributed by atoms with E-state index in [4.69, 9.17) is 4.52 Å². The molecule has 0 radical (unpaired) electrons. The Morgan fingerprint density at radius 1 is 1.43 bits per heavy atom. The first-order valence-electron chi connectivity index (χ1n) is 7.14. The van der Waals surface area contributed by atoms with Gasteiger partial charge in [-0.2, -0.15) is 5.10 Å². The van der Waals surface area contributed by atoms with E-state index in [1.165, 1.54) is 5.01 Å². The van der Waals surface area contributed by atoms with Crippen molar-refractivity contribution in [1.82, 2.24) is 15.1 Å². The molecule has 2 aliphatic heterocycles. The number of amides is 2. The lowest BCUT2D eigenvalue weighted by Gasteiger charge is -2.26. The highest BCUT2D eigenvalue weighted by atomic mass is 16.5. The number of nitrogens with zero attached hydrogens (tertiary/aromatic N) is 4. The molecule has 0 spiro atoms. The van der Waals surface area contributed by atoms with Crippen LogP contribution in [0.4, 0.5) is 0 Å². The second-order valence-electron chi connectivity index (χ2n) is 5.48. The Morgan fingerprint density at radius 3 is 2.90 bits per heavy atom. The number of hydrazone groups is 1. The fraction of sp³-hybridized carbons (Fsp3) is 0.571. The van der Waals surface area contributed by atoms with Crippen molar-refractivity contribution in [3.05, 3.63) is 17.5 Å². The van der Waals surface area contributed by atoms with E-state index < -0.39 is 0 Å². The zero-order chi connectivity index (χ0) is 15.0. The van der Waals surface area contributed by atoms with Crippen molar-refractivity contribution in [3.63, 3.8) is 0 Å². The number of carbonyl (C=O) groups is 2. The summed E-state index contributed by atoms with van der Waals surface area (Å²) >= 11 is 0. The van der Waals surface area contributed by atoms with Crippen LogP contribution in [0.2, 0.25) is 0 Å². The molecular weight excluding hydrogens is 272 g/mol. The van der Waals surface area contributed by atoms with Gasteiger partial charge < -0.3 is 9.42 Å². The molecule has 7 nitrogen and oxygen atoms in total. The average molecular weight is 290 g/mol. The van der Waals surface area contributed by atoms with Gasteiger partial charge in [0.15, 0.2) is 0 Å². The molecule has 3 heterocycles. The summed E-state index contributed by atoms with van der Waals surface area (Å²) < 4.78 is 5.11. The van der Waals surface area contributed by atoms with Gasteiger partial charge in [0.2, 0.25) is 5.91 Å². The summed E-state index contributed by atoms with van der Waals surface area (Å²) in [4.78, 5) is 25.9. The maximum Gasteiger partial charge on any atom is 0.270 e. The van der Waals surface area contributed by atoms with E-state index in [1.807, 2.05) is 13.0 Å². The number of aryl methyl sites for hydroxylation is 1. The third-order valence-electron chi connectivity index (χ3n) is 3.96. The van der Waals surface area contributed by atoms with Crippen LogP contribution in [0, 0.1) is 6.92 Å². The standard InChI is InChI=1S/C14H18N4O3/c1-9-8-11(16-21-9)12-4-3-7-18(12)14(20)10-5-6-13(19)17(2)15-10/h8,12H,3-7H2,1-2H3/t12-/m0/s1. The molecule has 1 atom stereocenters. The average Bonchev–Trinajstić information content (AvgIpc) is 3.09. The lowest BCUT2D eigenvalue weighted by Crippen LogP contribution is -2.40. The molecule has 0 saturated carbocycles. The summed E-state index contributed by atoms with van der Waals surface area (Å²) in [5, 5.41) is 9.39. The van der Waals surface area contributed by atoms with Crippen molar-refractivity contribution >= 4 is 17.5 Å². The number of likely N-dealkylation sites (tertiary alicyclic amines) is 1. The fourth-order valence-electron chi connectivity index (χ4n) is 2.85. The van der Waals surface area contributed by atoms with Crippen molar-refractivity contribution in [2.24, 2.45) is 5.10 Å². The molecule has 3 rings (SSSR count). The Hall–Kier alpha value is -2.18. The Labute approximate surface area is 122 Å². The molecule has 0 aliphatic carbocycles. The molecular formula is C14H18N4O3. The lowest BCUT2D eigenvalue weighted by molar-refractivity contribution is -0.130. The van der Waals surface area contributed by atoms with Gasteiger partial charge in [-0.25, -0.2) is 5.01 Å². The number of hydrogen-bond acceptors (Lipinski definition) is 5. The number of hydrogen-bond donors (Lipinski definition) is 0. The van der Waals surface area contributed by atoms with Crippen molar-refractivity contribution in [2.75, 3.05) is 13.6 Å². The minimum atomic E-state index is -0.0995. The third kappa shape index (κ3) is 2.55. The Kier molecular flexibility index (Phi) is 3.48. The Balaban J connectivity index is 1.80. The van der Waals surface area contributed by atoms with Crippen LogP contribution in [0.1, 0.15) is 43.2 Å². The van der Waals surface area contributed by atoms with Crippen LogP contribution < -0.4 is 0 Å². The van der Waals surface area contributed by atoms with Gasteiger partial charge in [0.25, 0.3) is 5.91 Å². The maximum atomic E-state index is 12.6. The highest BCUT2D eigenvalue weighted by Gasteiger charge is 2.35. The molecule has 1 aromatic rings. The first-order chi connectivity index (χ1) is 10.1. The maximum absolute atomic E-state index is 12.6. The van der Waals surface area contributed by atoms with Crippen LogP contribution >= 0.6 is 0 Å². The largest absolute Gasteiger partial charge is 0.361 e. The zero-order valence-corrected chi connectivity index (χ0v) is 12.2. The molecule has 7 heteroatoms. The highest BCUT2D eigenvalue weighted by molar-refractivity contribution is 6.39. The van der Waals surface area contributed by atoms with Crippen LogP contribution in [0.25, 0.3) is 0 Å². The first kappa shape index (κ1) is 13.8. The van der Waals surface area contributed by atoms with Crippen molar-refractivity contribution < 1.29 is 14.1 Å². The summed E-state index contributed by atoms with van der Waals surface area (Å²) in [6.45, 7) is 2.52.